The first-order valence-corrected chi connectivity index (χ1v) is 7.97. The third-order valence-corrected chi connectivity index (χ3v) is 3.89. The zero-order chi connectivity index (χ0) is 15.2. The van der Waals surface area contributed by atoms with Gasteiger partial charge in [-0.1, -0.05) is 37.6 Å². The first-order chi connectivity index (χ1) is 10.9. The van der Waals surface area contributed by atoms with Crippen molar-refractivity contribution in [3.63, 3.8) is 0 Å². The highest BCUT2D eigenvalue weighted by atomic mass is 16.3. The van der Waals surface area contributed by atoms with Crippen molar-refractivity contribution < 1.29 is 4.42 Å². The Hall–Kier alpha value is -2.13. The highest BCUT2D eigenvalue weighted by Gasteiger charge is 2.12. The third kappa shape index (κ3) is 3.37. The summed E-state index contributed by atoms with van der Waals surface area (Å²) in [5.41, 5.74) is 3.49. The fraction of sp³-hybridized carbons (Fsp3) is 0.316. The molecule has 2 heterocycles. The van der Waals surface area contributed by atoms with Crippen LogP contribution >= 0.6 is 0 Å². The average molecular weight is 294 g/mol. The van der Waals surface area contributed by atoms with Gasteiger partial charge < -0.3 is 9.73 Å². The number of fused-ring (bicyclic) bond motifs is 1. The molecule has 0 saturated carbocycles. The van der Waals surface area contributed by atoms with E-state index in [1.165, 1.54) is 22.9 Å². The van der Waals surface area contributed by atoms with Crippen molar-refractivity contribution in [2.45, 2.75) is 39.3 Å². The molecule has 3 nitrogen and oxygen atoms in total. The largest absolute Gasteiger partial charge is 0.461 e. The Labute approximate surface area is 131 Å². The van der Waals surface area contributed by atoms with E-state index in [0.29, 0.717) is 0 Å². The molecule has 0 atom stereocenters. The number of aryl methyl sites for hydroxylation is 1. The second-order valence-corrected chi connectivity index (χ2v) is 5.57. The molecule has 0 fully saturated rings. The Bertz CT molecular complexity index is 719. The number of hydrogen-bond donors (Lipinski definition) is 1. The summed E-state index contributed by atoms with van der Waals surface area (Å²) in [5, 5.41) is 4.74. The van der Waals surface area contributed by atoms with Crippen molar-refractivity contribution in [1.29, 1.82) is 0 Å². The van der Waals surface area contributed by atoms with Gasteiger partial charge in [-0.05, 0) is 24.1 Å². The molecule has 3 heteroatoms. The number of para-hydroxylation sites is 1. The van der Waals surface area contributed by atoms with E-state index in [9.17, 15) is 0 Å². The van der Waals surface area contributed by atoms with E-state index < -0.39 is 0 Å². The third-order valence-electron chi connectivity index (χ3n) is 3.89. The number of rotatable bonds is 7. The van der Waals surface area contributed by atoms with Crippen LogP contribution in [0.5, 0.6) is 0 Å². The van der Waals surface area contributed by atoms with Gasteiger partial charge in [0.2, 0.25) is 0 Å². The molecule has 0 saturated heterocycles. The Morgan fingerprint density at radius 3 is 2.82 bits per heavy atom. The van der Waals surface area contributed by atoms with Gasteiger partial charge in [-0.3, -0.25) is 4.98 Å². The minimum Gasteiger partial charge on any atom is -0.461 e. The van der Waals surface area contributed by atoms with Gasteiger partial charge in [-0.2, -0.15) is 0 Å². The number of nitrogens with zero attached hydrogens (tertiary/aromatic N) is 1. The van der Waals surface area contributed by atoms with Gasteiger partial charge in [0.05, 0.1) is 0 Å². The lowest BCUT2D eigenvalue weighted by Crippen LogP contribution is -2.13. The lowest BCUT2D eigenvalue weighted by atomic mass is 10.1. The summed E-state index contributed by atoms with van der Waals surface area (Å²) >= 11 is 0. The zero-order valence-corrected chi connectivity index (χ0v) is 13.0. The Morgan fingerprint density at radius 2 is 2.00 bits per heavy atom. The van der Waals surface area contributed by atoms with Crippen LogP contribution in [0.3, 0.4) is 0 Å². The summed E-state index contributed by atoms with van der Waals surface area (Å²) in [6.07, 6.45) is 7.05. The predicted molar refractivity (Wildman–Crippen MR) is 89.6 cm³/mol. The lowest BCUT2D eigenvalue weighted by Gasteiger charge is -2.06. The van der Waals surface area contributed by atoms with Crippen molar-refractivity contribution in [2.75, 3.05) is 0 Å². The SMILES string of the molecule is CCCCc1oc2ccccc2c1CNCc1cccnc1. The second kappa shape index (κ2) is 7.23. The van der Waals surface area contributed by atoms with Crippen LogP contribution in [0.25, 0.3) is 11.0 Å². The summed E-state index contributed by atoms with van der Waals surface area (Å²) in [4.78, 5) is 4.15. The van der Waals surface area contributed by atoms with E-state index in [4.69, 9.17) is 4.42 Å². The molecule has 114 valence electrons. The van der Waals surface area contributed by atoms with Crippen molar-refractivity contribution in [2.24, 2.45) is 0 Å². The highest BCUT2D eigenvalue weighted by molar-refractivity contribution is 5.82. The summed E-state index contributed by atoms with van der Waals surface area (Å²) < 4.78 is 6.05. The Kier molecular flexibility index (Phi) is 4.86. The van der Waals surface area contributed by atoms with E-state index in [2.05, 4.69) is 41.5 Å². The number of unbranched alkanes of at least 4 members (excludes halogenated alkanes) is 1. The van der Waals surface area contributed by atoms with Gasteiger partial charge in [-0.15, -0.1) is 0 Å². The molecule has 0 spiro atoms. The molecule has 3 aromatic rings. The molecule has 0 unspecified atom stereocenters. The van der Waals surface area contributed by atoms with E-state index in [1.54, 1.807) is 6.20 Å². The molecule has 0 radical (unpaired) electrons. The van der Waals surface area contributed by atoms with Gasteiger partial charge >= 0.3 is 0 Å². The van der Waals surface area contributed by atoms with Crippen molar-refractivity contribution in [3.05, 3.63) is 65.7 Å². The molecule has 0 bridgehead atoms. The maximum atomic E-state index is 6.05. The zero-order valence-electron chi connectivity index (χ0n) is 13.0. The highest BCUT2D eigenvalue weighted by Crippen LogP contribution is 2.27. The van der Waals surface area contributed by atoms with Crippen LogP contribution in [0.2, 0.25) is 0 Å². The van der Waals surface area contributed by atoms with E-state index >= 15 is 0 Å². The number of pyridine rings is 1. The van der Waals surface area contributed by atoms with Crippen molar-refractivity contribution in [3.8, 4) is 0 Å². The minimum absolute atomic E-state index is 0.820. The molecule has 0 aliphatic heterocycles. The normalized spacial score (nSPS) is 11.1. The summed E-state index contributed by atoms with van der Waals surface area (Å²) in [6.45, 7) is 3.86. The maximum Gasteiger partial charge on any atom is 0.134 e. The predicted octanol–water partition coefficient (Wildman–Crippen LogP) is 4.46. The number of hydrogen-bond acceptors (Lipinski definition) is 3. The molecule has 1 aromatic carbocycles. The lowest BCUT2D eigenvalue weighted by molar-refractivity contribution is 0.524. The standard InChI is InChI=1S/C19H22N2O/c1-2-3-9-19-17(16-8-4-5-10-18(16)22-19)14-21-13-15-7-6-11-20-12-15/h4-8,10-12,21H,2-3,9,13-14H2,1H3. The molecule has 3 rings (SSSR count). The van der Waals surface area contributed by atoms with Gasteiger partial charge in [0.1, 0.15) is 11.3 Å². The molecular weight excluding hydrogens is 272 g/mol. The van der Waals surface area contributed by atoms with Crippen LogP contribution in [0.15, 0.2) is 53.2 Å². The summed E-state index contributed by atoms with van der Waals surface area (Å²) in [5.74, 6) is 1.13. The Morgan fingerprint density at radius 1 is 1.09 bits per heavy atom. The van der Waals surface area contributed by atoms with E-state index in [1.807, 2.05) is 18.3 Å². The molecule has 0 aliphatic carbocycles. The van der Waals surface area contributed by atoms with Crippen LogP contribution < -0.4 is 5.32 Å². The Balaban J connectivity index is 1.76. The van der Waals surface area contributed by atoms with Gasteiger partial charge in [-0.25, -0.2) is 0 Å². The van der Waals surface area contributed by atoms with Crippen LogP contribution in [0, 0.1) is 0 Å². The monoisotopic (exact) mass is 294 g/mol. The molecule has 2 aromatic heterocycles. The molecule has 0 aliphatic rings. The van der Waals surface area contributed by atoms with Crippen LogP contribution in [-0.4, -0.2) is 4.98 Å². The average Bonchev–Trinajstić information content (AvgIpc) is 2.92. The van der Waals surface area contributed by atoms with Gasteiger partial charge in [0.25, 0.3) is 0 Å². The minimum atomic E-state index is 0.820. The number of aromatic nitrogens is 1. The van der Waals surface area contributed by atoms with Gasteiger partial charge in [0, 0.05) is 42.9 Å². The first kappa shape index (κ1) is 14.8. The van der Waals surface area contributed by atoms with Crippen molar-refractivity contribution in [1.82, 2.24) is 10.3 Å². The topological polar surface area (TPSA) is 38.1 Å². The number of benzene rings is 1. The summed E-state index contributed by atoms with van der Waals surface area (Å²) in [6, 6.07) is 12.4. The number of furan rings is 1. The molecule has 22 heavy (non-hydrogen) atoms. The van der Waals surface area contributed by atoms with Crippen LogP contribution in [-0.2, 0) is 19.5 Å². The number of nitrogens with one attached hydrogen (secondary N) is 1. The van der Waals surface area contributed by atoms with E-state index in [0.717, 1.165) is 37.3 Å². The van der Waals surface area contributed by atoms with Crippen LogP contribution in [0.4, 0.5) is 0 Å². The first-order valence-electron chi connectivity index (χ1n) is 7.97. The molecular formula is C19H22N2O. The summed E-state index contributed by atoms with van der Waals surface area (Å²) in [7, 11) is 0. The van der Waals surface area contributed by atoms with Gasteiger partial charge in [0.15, 0.2) is 0 Å². The second-order valence-electron chi connectivity index (χ2n) is 5.57. The maximum absolute atomic E-state index is 6.05. The fourth-order valence-corrected chi connectivity index (χ4v) is 2.72. The molecule has 1 N–H and O–H groups in total. The van der Waals surface area contributed by atoms with E-state index in [-0.39, 0.29) is 0 Å². The molecule has 0 amide bonds. The van der Waals surface area contributed by atoms with Crippen LogP contribution in [0.1, 0.15) is 36.7 Å². The quantitative estimate of drug-likeness (QED) is 0.699. The smallest absolute Gasteiger partial charge is 0.134 e. The fourth-order valence-electron chi connectivity index (χ4n) is 2.72. The van der Waals surface area contributed by atoms with Crippen molar-refractivity contribution >= 4 is 11.0 Å².